The van der Waals surface area contributed by atoms with Crippen LogP contribution >= 0.6 is 0 Å². The highest BCUT2D eigenvalue weighted by atomic mass is 16.5. The first kappa shape index (κ1) is 21.9. The van der Waals surface area contributed by atoms with E-state index in [2.05, 4.69) is 10.6 Å². The summed E-state index contributed by atoms with van der Waals surface area (Å²) in [6.07, 6.45) is 1.33. The number of Topliss-reactive ketones (excluding diaryl/α,β-unsaturated/α-hetero) is 1. The van der Waals surface area contributed by atoms with E-state index in [1.165, 1.54) is 6.08 Å². The number of ketones is 2. The van der Waals surface area contributed by atoms with E-state index in [4.69, 9.17) is 9.47 Å². The van der Waals surface area contributed by atoms with Gasteiger partial charge in [0, 0.05) is 17.5 Å². The number of anilines is 2. The van der Waals surface area contributed by atoms with Crippen molar-refractivity contribution < 1.29 is 19.1 Å². The van der Waals surface area contributed by atoms with Gasteiger partial charge in [0.2, 0.25) is 11.6 Å². The number of carbonyl (C=O) groups excluding carboxylic acids is 2. The molecule has 0 spiro atoms. The number of allylic oxidation sites excluding steroid dienone is 2. The number of benzene rings is 3. The Hall–Kier alpha value is -4.32. The fraction of sp³-hybridized carbons (Fsp3) is 0.111. The second-order valence-corrected chi connectivity index (χ2v) is 7.57. The summed E-state index contributed by atoms with van der Waals surface area (Å²) in [6, 6.07) is 21.8. The first-order valence-electron chi connectivity index (χ1n) is 10.4. The lowest BCUT2D eigenvalue weighted by Gasteiger charge is -2.22. The van der Waals surface area contributed by atoms with Crippen molar-refractivity contribution in [3.8, 4) is 11.5 Å². The van der Waals surface area contributed by atoms with Gasteiger partial charge in [-0.2, -0.15) is 0 Å². The molecule has 0 aliphatic heterocycles. The lowest BCUT2D eigenvalue weighted by molar-refractivity contribution is -0.114. The van der Waals surface area contributed by atoms with Crippen LogP contribution in [0.5, 0.6) is 11.5 Å². The van der Waals surface area contributed by atoms with Gasteiger partial charge in [-0.05, 0) is 61.0 Å². The van der Waals surface area contributed by atoms with E-state index in [0.717, 1.165) is 5.56 Å². The van der Waals surface area contributed by atoms with Crippen molar-refractivity contribution in [2.75, 3.05) is 24.9 Å². The fourth-order valence-electron chi connectivity index (χ4n) is 3.50. The molecule has 166 valence electrons. The van der Waals surface area contributed by atoms with Crippen LogP contribution in [-0.2, 0) is 9.59 Å². The molecule has 0 heterocycles. The summed E-state index contributed by atoms with van der Waals surface area (Å²) >= 11 is 0. The van der Waals surface area contributed by atoms with Crippen molar-refractivity contribution in [1.29, 1.82) is 0 Å². The van der Waals surface area contributed by atoms with Gasteiger partial charge in [0.25, 0.3) is 0 Å². The summed E-state index contributed by atoms with van der Waals surface area (Å²) < 4.78 is 10.4. The number of hydrogen-bond acceptors (Lipinski definition) is 6. The Kier molecular flexibility index (Phi) is 6.26. The molecule has 1 aliphatic rings. The standard InChI is InChI=1S/C27H24N2O4/c1-17-4-6-18(7-5-17)25-26(29-20-10-14-22(33-3)15-11-20)24(30)16-23(27(25)31)28-19-8-12-21(32-2)13-9-19/h4-16,28-29H,1-3H3. The lowest BCUT2D eigenvalue weighted by Crippen LogP contribution is -2.26. The highest BCUT2D eigenvalue weighted by Gasteiger charge is 2.30. The molecule has 0 unspecified atom stereocenters. The SMILES string of the molecule is COc1ccc(NC2=CC(=O)C(Nc3ccc(OC)cc3)=C(c3ccc(C)cc3)C2=O)cc1. The Balaban J connectivity index is 1.71. The largest absolute Gasteiger partial charge is 0.497 e. The Morgan fingerprint density at radius 2 is 1.18 bits per heavy atom. The quantitative estimate of drug-likeness (QED) is 0.505. The molecule has 0 saturated carbocycles. The van der Waals surface area contributed by atoms with Crippen molar-refractivity contribution in [3.63, 3.8) is 0 Å². The van der Waals surface area contributed by atoms with Gasteiger partial charge in [0.1, 0.15) is 11.5 Å². The minimum Gasteiger partial charge on any atom is -0.497 e. The van der Waals surface area contributed by atoms with Crippen LogP contribution in [0.2, 0.25) is 0 Å². The van der Waals surface area contributed by atoms with Crippen LogP contribution in [-0.4, -0.2) is 25.8 Å². The van der Waals surface area contributed by atoms with E-state index in [-0.39, 0.29) is 23.0 Å². The van der Waals surface area contributed by atoms with Crippen molar-refractivity contribution in [2.45, 2.75) is 6.92 Å². The third-order valence-electron chi connectivity index (χ3n) is 5.31. The number of methoxy groups -OCH3 is 2. The molecule has 4 rings (SSSR count). The highest BCUT2D eigenvalue weighted by Crippen LogP contribution is 2.31. The molecule has 0 bridgehead atoms. The van der Waals surface area contributed by atoms with E-state index in [0.29, 0.717) is 34.0 Å². The zero-order chi connectivity index (χ0) is 23.4. The summed E-state index contributed by atoms with van der Waals surface area (Å²) in [5.41, 5.74) is 3.84. The molecule has 0 amide bonds. The molecule has 2 N–H and O–H groups in total. The molecule has 0 saturated heterocycles. The van der Waals surface area contributed by atoms with E-state index in [9.17, 15) is 9.59 Å². The molecular formula is C27H24N2O4. The molecule has 3 aromatic carbocycles. The Morgan fingerprint density at radius 3 is 1.70 bits per heavy atom. The van der Waals surface area contributed by atoms with Gasteiger partial charge >= 0.3 is 0 Å². The van der Waals surface area contributed by atoms with E-state index in [1.807, 2.05) is 31.2 Å². The average molecular weight is 440 g/mol. The topological polar surface area (TPSA) is 76.7 Å². The molecule has 6 nitrogen and oxygen atoms in total. The van der Waals surface area contributed by atoms with E-state index in [1.54, 1.807) is 62.8 Å². The lowest BCUT2D eigenvalue weighted by atomic mass is 9.90. The minimum atomic E-state index is -0.294. The maximum Gasteiger partial charge on any atom is 0.212 e. The van der Waals surface area contributed by atoms with Gasteiger partial charge in [-0.15, -0.1) is 0 Å². The first-order valence-corrected chi connectivity index (χ1v) is 10.4. The van der Waals surface area contributed by atoms with Crippen LogP contribution in [0.3, 0.4) is 0 Å². The Morgan fingerprint density at radius 1 is 0.667 bits per heavy atom. The zero-order valence-corrected chi connectivity index (χ0v) is 18.6. The predicted octanol–water partition coefficient (Wildman–Crippen LogP) is 4.98. The summed E-state index contributed by atoms with van der Waals surface area (Å²) in [6.45, 7) is 1.97. The predicted molar refractivity (Wildman–Crippen MR) is 129 cm³/mol. The molecular weight excluding hydrogens is 416 g/mol. The zero-order valence-electron chi connectivity index (χ0n) is 18.6. The van der Waals surface area contributed by atoms with Crippen molar-refractivity contribution in [3.05, 3.63) is 101 Å². The van der Waals surface area contributed by atoms with Gasteiger partial charge < -0.3 is 20.1 Å². The van der Waals surface area contributed by atoms with Crippen molar-refractivity contribution >= 4 is 28.5 Å². The second-order valence-electron chi connectivity index (χ2n) is 7.57. The average Bonchev–Trinajstić information content (AvgIpc) is 2.84. The maximum atomic E-state index is 13.6. The van der Waals surface area contributed by atoms with Crippen molar-refractivity contribution in [1.82, 2.24) is 0 Å². The highest BCUT2D eigenvalue weighted by molar-refractivity contribution is 6.39. The van der Waals surface area contributed by atoms with Gasteiger partial charge in [0.15, 0.2) is 0 Å². The molecule has 0 fully saturated rings. The van der Waals surface area contributed by atoms with Crippen LogP contribution in [0.4, 0.5) is 11.4 Å². The first-order chi connectivity index (χ1) is 16.0. The number of aryl methyl sites for hydroxylation is 1. The van der Waals surface area contributed by atoms with Gasteiger partial charge in [-0.1, -0.05) is 29.8 Å². The third-order valence-corrected chi connectivity index (χ3v) is 5.31. The number of carbonyl (C=O) groups is 2. The summed E-state index contributed by atoms with van der Waals surface area (Å²) in [5.74, 6) is 0.833. The number of nitrogens with one attached hydrogen (secondary N) is 2. The summed E-state index contributed by atoms with van der Waals surface area (Å²) in [7, 11) is 3.18. The molecule has 6 heteroatoms. The monoisotopic (exact) mass is 440 g/mol. The fourth-order valence-corrected chi connectivity index (χ4v) is 3.50. The summed E-state index contributed by atoms with van der Waals surface area (Å²) in [5, 5.41) is 6.22. The van der Waals surface area contributed by atoms with Crippen LogP contribution in [0.1, 0.15) is 11.1 Å². The second kappa shape index (κ2) is 9.44. The van der Waals surface area contributed by atoms with Crippen molar-refractivity contribution in [2.24, 2.45) is 0 Å². The molecule has 0 radical (unpaired) electrons. The molecule has 0 atom stereocenters. The van der Waals surface area contributed by atoms with Gasteiger partial charge in [0.05, 0.1) is 31.2 Å². The summed E-state index contributed by atoms with van der Waals surface area (Å²) in [4.78, 5) is 26.7. The smallest absolute Gasteiger partial charge is 0.212 e. The van der Waals surface area contributed by atoms with E-state index < -0.39 is 0 Å². The van der Waals surface area contributed by atoms with Crippen LogP contribution in [0.15, 0.2) is 90.3 Å². The Bertz CT molecular complexity index is 1240. The minimum absolute atomic E-state index is 0.209. The number of ether oxygens (including phenoxy) is 2. The van der Waals surface area contributed by atoms with E-state index >= 15 is 0 Å². The van der Waals surface area contributed by atoms with Gasteiger partial charge in [-0.3, -0.25) is 9.59 Å². The number of rotatable bonds is 7. The maximum absolute atomic E-state index is 13.6. The normalized spacial score (nSPS) is 13.5. The van der Waals surface area contributed by atoms with Crippen LogP contribution in [0.25, 0.3) is 5.57 Å². The number of hydrogen-bond donors (Lipinski definition) is 2. The third kappa shape index (κ3) is 4.80. The van der Waals surface area contributed by atoms with Gasteiger partial charge in [-0.25, -0.2) is 0 Å². The van der Waals surface area contributed by atoms with Crippen LogP contribution < -0.4 is 20.1 Å². The molecule has 1 aliphatic carbocycles. The molecule has 3 aromatic rings. The molecule has 0 aromatic heterocycles. The Labute approximate surface area is 192 Å². The van der Waals surface area contributed by atoms with Crippen LogP contribution in [0, 0.1) is 6.92 Å². The molecule has 33 heavy (non-hydrogen) atoms.